The van der Waals surface area contributed by atoms with Crippen molar-refractivity contribution in [3.8, 4) is 0 Å². The average Bonchev–Trinajstić information content (AvgIpc) is 2.63. The summed E-state index contributed by atoms with van der Waals surface area (Å²) in [6.45, 7) is 12.0. The highest BCUT2D eigenvalue weighted by atomic mass is 32.2. The molecule has 1 aliphatic rings. The molecule has 1 amide bonds. The molecule has 0 spiro atoms. The number of para-hydroxylation sites is 1. The minimum Gasteiger partial charge on any atom is -0.341 e. The zero-order valence-corrected chi connectivity index (χ0v) is 17.0. The molecule has 1 aliphatic heterocycles. The van der Waals surface area contributed by atoms with Crippen molar-refractivity contribution in [1.82, 2.24) is 14.5 Å². The molecular weight excluding hydrogens is 358 g/mol. The van der Waals surface area contributed by atoms with Gasteiger partial charge in [0.1, 0.15) is 0 Å². The summed E-state index contributed by atoms with van der Waals surface area (Å²) < 4.78 is 1.60. The number of piperidine rings is 1. The molecular formula is C21H27N3O2S. The third kappa shape index (κ3) is 4.26. The number of fused-ring (bicyclic) bond motifs is 1. The van der Waals surface area contributed by atoms with Gasteiger partial charge in [0.2, 0.25) is 5.91 Å². The lowest BCUT2D eigenvalue weighted by Crippen LogP contribution is -2.45. The minimum absolute atomic E-state index is 0.0946. The van der Waals surface area contributed by atoms with Crippen molar-refractivity contribution in [2.75, 3.05) is 13.1 Å². The first-order chi connectivity index (χ1) is 12.9. The largest absolute Gasteiger partial charge is 0.341 e. The van der Waals surface area contributed by atoms with Gasteiger partial charge in [0.25, 0.3) is 5.56 Å². The fourth-order valence-corrected chi connectivity index (χ4v) is 4.84. The number of aromatic nitrogens is 2. The molecule has 27 heavy (non-hydrogen) atoms. The summed E-state index contributed by atoms with van der Waals surface area (Å²) in [7, 11) is 0. The molecule has 0 saturated carbocycles. The number of carbonyl (C=O) groups is 1. The highest BCUT2D eigenvalue weighted by Gasteiger charge is 2.29. The van der Waals surface area contributed by atoms with E-state index in [1.807, 2.05) is 30.0 Å². The van der Waals surface area contributed by atoms with Crippen molar-refractivity contribution in [1.29, 1.82) is 0 Å². The molecule has 1 saturated heterocycles. The number of benzene rings is 1. The van der Waals surface area contributed by atoms with Crippen LogP contribution in [0.5, 0.6) is 0 Å². The monoisotopic (exact) mass is 385 g/mol. The SMILES string of the molecule is C=CCn1c(S[C@@H](C)C(=O)N2C[C@H](C)C[C@H](C)C2)nc2ccccc2c1=O. The molecule has 144 valence electrons. The molecule has 0 N–H and O–H groups in total. The molecule has 3 atom stereocenters. The van der Waals surface area contributed by atoms with Gasteiger partial charge in [-0.15, -0.1) is 6.58 Å². The zero-order valence-electron chi connectivity index (χ0n) is 16.2. The topological polar surface area (TPSA) is 55.2 Å². The standard InChI is InChI=1S/C21H27N3O2S/c1-5-10-24-20(26)17-8-6-7-9-18(17)22-21(24)27-16(4)19(25)23-12-14(2)11-15(3)13-23/h5-9,14-16H,1,10-13H2,2-4H3/t14-,15+,16-/m0/s1. The predicted octanol–water partition coefficient (Wildman–Crippen LogP) is 3.57. The van der Waals surface area contributed by atoms with Crippen LogP contribution in [-0.4, -0.2) is 38.7 Å². The lowest BCUT2D eigenvalue weighted by atomic mass is 9.92. The van der Waals surface area contributed by atoms with Crippen molar-refractivity contribution in [3.05, 3.63) is 47.3 Å². The molecule has 1 aromatic heterocycles. The van der Waals surface area contributed by atoms with Crippen LogP contribution in [0.15, 0.2) is 46.9 Å². The molecule has 0 bridgehead atoms. The number of carbonyl (C=O) groups excluding carboxylic acids is 1. The Kier molecular flexibility index (Phi) is 6.05. The first-order valence-corrected chi connectivity index (χ1v) is 10.3. The van der Waals surface area contributed by atoms with Crippen LogP contribution in [0.3, 0.4) is 0 Å². The fourth-order valence-electron chi connectivity index (χ4n) is 3.84. The Labute approximate surface area is 164 Å². The summed E-state index contributed by atoms with van der Waals surface area (Å²) in [6.07, 6.45) is 2.85. The van der Waals surface area contributed by atoms with Gasteiger partial charge in [-0.3, -0.25) is 14.2 Å². The van der Waals surface area contributed by atoms with Crippen LogP contribution < -0.4 is 5.56 Å². The number of hydrogen-bond donors (Lipinski definition) is 0. The summed E-state index contributed by atoms with van der Waals surface area (Å²) in [5, 5.41) is 0.852. The van der Waals surface area contributed by atoms with E-state index in [4.69, 9.17) is 0 Å². The quantitative estimate of drug-likeness (QED) is 0.449. The Morgan fingerprint density at radius 2 is 2.00 bits per heavy atom. The summed E-state index contributed by atoms with van der Waals surface area (Å²) in [5.41, 5.74) is 0.563. The summed E-state index contributed by atoms with van der Waals surface area (Å²) in [4.78, 5) is 32.5. The maximum Gasteiger partial charge on any atom is 0.262 e. The van der Waals surface area contributed by atoms with Gasteiger partial charge in [0.15, 0.2) is 5.16 Å². The van der Waals surface area contributed by atoms with Gasteiger partial charge in [-0.2, -0.15) is 0 Å². The van der Waals surface area contributed by atoms with Crippen molar-refractivity contribution >= 4 is 28.6 Å². The van der Waals surface area contributed by atoms with E-state index in [0.29, 0.717) is 34.4 Å². The molecule has 2 aromatic rings. The van der Waals surface area contributed by atoms with Crippen LogP contribution in [0.1, 0.15) is 27.2 Å². The normalized spacial score (nSPS) is 21.2. The van der Waals surface area contributed by atoms with Crippen LogP contribution in [0, 0.1) is 11.8 Å². The predicted molar refractivity (Wildman–Crippen MR) is 111 cm³/mol. The Bertz CT molecular complexity index is 898. The second-order valence-electron chi connectivity index (χ2n) is 7.57. The van der Waals surface area contributed by atoms with Gasteiger partial charge < -0.3 is 4.90 Å². The summed E-state index contributed by atoms with van der Waals surface area (Å²) >= 11 is 1.36. The number of likely N-dealkylation sites (tertiary alicyclic amines) is 1. The Morgan fingerprint density at radius 1 is 1.33 bits per heavy atom. The molecule has 0 unspecified atom stereocenters. The summed E-state index contributed by atoms with van der Waals surface area (Å²) in [5.74, 6) is 1.16. The van der Waals surface area contributed by atoms with Crippen LogP contribution in [0.2, 0.25) is 0 Å². The molecule has 0 radical (unpaired) electrons. The second-order valence-corrected chi connectivity index (χ2v) is 8.87. The third-order valence-electron chi connectivity index (χ3n) is 4.95. The van der Waals surface area contributed by atoms with Crippen molar-refractivity contribution in [2.24, 2.45) is 11.8 Å². The van der Waals surface area contributed by atoms with E-state index in [1.165, 1.54) is 11.8 Å². The van der Waals surface area contributed by atoms with Crippen LogP contribution >= 0.6 is 11.8 Å². The third-order valence-corrected chi connectivity index (χ3v) is 6.03. The molecule has 1 aromatic carbocycles. The molecule has 0 aliphatic carbocycles. The van der Waals surface area contributed by atoms with Crippen LogP contribution in [-0.2, 0) is 11.3 Å². The number of allylic oxidation sites excluding steroid dienone is 1. The Morgan fingerprint density at radius 3 is 2.67 bits per heavy atom. The maximum atomic E-state index is 13.0. The van der Waals surface area contributed by atoms with Gasteiger partial charge in [0, 0.05) is 19.6 Å². The fraction of sp³-hybridized carbons (Fsp3) is 0.476. The lowest BCUT2D eigenvalue weighted by Gasteiger charge is -2.36. The Balaban J connectivity index is 1.88. The van der Waals surface area contributed by atoms with Gasteiger partial charge in [-0.1, -0.05) is 43.8 Å². The number of nitrogens with zero attached hydrogens (tertiary/aromatic N) is 3. The Hall–Kier alpha value is -2.08. The summed E-state index contributed by atoms with van der Waals surface area (Å²) in [6, 6.07) is 7.32. The van der Waals surface area contributed by atoms with E-state index in [-0.39, 0.29) is 16.7 Å². The molecule has 1 fully saturated rings. The van der Waals surface area contributed by atoms with E-state index in [0.717, 1.165) is 19.5 Å². The van der Waals surface area contributed by atoms with E-state index < -0.39 is 0 Å². The minimum atomic E-state index is -0.299. The maximum absolute atomic E-state index is 13.0. The molecule has 2 heterocycles. The highest BCUT2D eigenvalue weighted by Crippen LogP contribution is 2.27. The number of thioether (sulfide) groups is 1. The number of rotatable bonds is 5. The molecule has 3 rings (SSSR count). The van der Waals surface area contributed by atoms with E-state index in [1.54, 1.807) is 16.7 Å². The van der Waals surface area contributed by atoms with Crippen molar-refractivity contribution in [3.63, 3.8) is 0 Å². The molecule has 5 nitrogen and oxygen atoms in total. The van der Waals surface area contributed by atoms with E-state index in [9.17, 15) is 9.59 Å². The lowest BCUT2D eigenvalue weighted by molar-refractivity contribution is -0.132. The van der Waals surface area contributed by atoms with E-state index >= 15 is 0 Å². The number of amides is 1. The first-order valence-electron chi connectivity index (χ1n) is 9.46. The number of hydrogen-bond acceptors (Lipinski definition) is 4. The second kappa shape index (κ2) is 8.30. The van der Waals surface area contributed by atoms with Gasteiger partial charge in [0.05, 0.1) is 16.2 Å². The smallest absolute Gasteiger partial charge is 0.262 e. The van der Waals surface area contributed by atoms with Crippen molar-refractivity contribution in [2.45, 2.75) is 44.1 Å². The highest BCUT2D eigenvalue weighted by molar-refractivity contribution is 8.00. The van der Waals surface area contributed by atoms with Crippen LogP contribution in [0.4, 0.5) is 0 Å². The van der Waals surface area contributed by atoms with Gasteiger partial charge in [-0.05, 0) is 37.3 Å². The van der Waals surface area contributed by atoms with Crippen molar-refractivity contribution < 1.29 is 4.79 Å². The van der Waals surface area contributed by atoms with Gasteiger partial charge in [-0.25, -0.2) is 4.98 Å². The first kappa shape index (κ1) is 19.7. The van der Waals surface area contributed by atoms with Gasteiger partial charge >= 0.3 is 0 Å². The van der Waals surface area contributed by atoms with E-state index in [2.05, 4.69) is 25.4 Å². The zero-order chi connectivity index (χ0) is 19.6. The molecule has 6 heteroatoms. The average molecular weight is 386 g/mol. The van der Waals surface area contributed by atoms with Crippen LogP contribution in [0.25, 0.3) is 10.9 Å².